The van der Waals surface area contributed by atoms with Gasteiger partial charge in [0.05, 0.1) is 18.0 Å². The molecule has 0 aliphatic heterocycles. The molecule has 0 saturated heterocycles. The van der Waals surface area contributed by atoms with Gasteiger partial charge in [-0.3, -0.25) is 0 Å². The quantitative estimate of drug-likeness (QED) is 0.795. The van der Waals surface area contributed by atoms with Crippen molar-refractivity contribution in [3.05, 3.63) is 24.3 Å². The second kappa shape index (κ2) is 6.13. The fourth-order valence-corrected chi connectivity index (χ4v) is 1.55. The van der Waals surface area contributed by atoms with Gasteiger partial charge >= 0.3 is 5.97 Å². The number of nitrogens with zero attached hydrogens (tertiary/aromatic N) is 1. The van der Waals surface area contributed by atoms with Crippen LogP contribution in [-0.4, -0.2) is 32.7 Å². The van der Waals surface area contributed by atoms with Crippen LogP contribution in [0.4, 0.5) is 11.4 Å². The third-order valence-corrected chi connectivity index (χ3v) is 2.40. The number of rotatable bonds is 5. The monoisotopic (exact) mass is 236 g/mol. The standard InChI is InChI=1S/C13H20N2O2/c1-5-17-13(16)10(2)14-11-8-6-7-9-12(11)15(3)4/h6-10,14H,5H2,1-4H3. The Balaban J connectivity index is 2.77. The van der Waals surface area contributed by atoms with Gasteiger partial charge in [0, 0.05) is 14.1 Å². The van der Waals surface area contributed by atoms with Gasteiger partial charge in [-0.25, -0.2) is 4.79 Å². The van der Waals surface area contributed by atoms with E-state index in [1.165, 1.54) is 0 Å². The van der Waals surface area contributed by atoms with E-state index in [-0.39, 0.29) is 12.0 Å². The zero-order valence-electron chi connectivity index (χ0n) is 10.9. The lowest BCUT2D eigenvalue weighted by molar-refractivity contribution is -0.143. The predicted octanol–water partition coefficient (Wildman–Crippen LogP) is 2.12. The number of carbonyl (C=O) groups excluding carboxylic acids is 1. The first-order valence-electron chi connectivity index (χ1n) is 5.75. The number of nitrogens with one attached hydrogen (secondary N) is 1. The average Bonchev–Trinajstić information content (AvgIpc) is 2.29. The average molecular weight is 236 g/mol. The smallest absolute Gasteiger partial charge is 0.328 e. The topological polar surface area (TPSA) is 41.6 Å². The first-order chi connectivity index (χ1) is 8.06. The Morgan fingerprint density at radius 3 is 2.65 bits per heavy atom. The summed E-state index contributed by atoms with van der Waals surface area (Å²) in [5, 5.41) is 3.16. The summed E-state index contributed by atoms with van der Waals surface area (Å²) in [5.41, 5.74) is 1.97. The van der Waals surface area contributed by atoms with E-state index in [1.54, 1.807) is 13.8 Å². The minimum atomic E-state index is -0.351. The Bertz CT molecular complexity index is 377. The van der Waals surface area contributed by atoms with Gasteiger partial charge in [-0.2, -0.15) is 0 Å². The van der Waals surface area contributed by atoms with Crippen LogP contribution in [0, 0.1) is 0 Å². The number of carbonyl (C=O) groups is 1. The molecule has 0 saturated carbocycles. The van der Waals surface area contributed by atoms with E-state index in [4.69, 9.17) is 4.74 Å². The summed E-state index contributed by atoms with van der Waals surface area (Å²) in [5.74, 6) is -0.235. The lowest BCUT2D eigenvalue weighted by Crippen LogP contribution is -2.29. The van der Waals surface area contributed by atoms with Gasteiger partial charge in [-0.15, -0.1) is 0 Å². The maximum absolute atomic E-state index is 11.5. The van der Waals surface area contributed by atoms with E-state index >= 15 is 0 Å². The summed E-state index contributed by atoms with van der Waals surface area (Å²) in [6, 6.07) is 7.50. The van der Waals surface area contributed by atoms with Crippen molar-refractivity contribution in [2.24, 2.45) is 0 Å². The van der Waals surface area contributed by atoms with Gasteiger partial charge in [-0.05, 0) is 26.0 Å². The molecule has 4 nitrogen and oxygen atoms in total. The van der Waals surface area contributed by atoms with Crippen LogP contribution in [0.2, 0.25) is 0 Å². The van der Waals surface area contributed by atoms with E-state index in [0.717, 1.165) is 11.4 Å². The molecule has 0 heterocycles. The highest BCUT2D eigenvalue weighted by Crippen LogP contribution is 2.24. The van der Waals surface area contributed by atoms with E-state index in [9.17, 15) is 4.79 Å². The summed E-state index contributed by atoms with van der Waals surface area (Å²) in [7, 11) is 3.94. The van der Waals surface area contributed by atoms with Gasteiger partial charge in [-0.1, -0.05) is 12.1 Å². The summed E-state index contributed by atoms with van der Waals surface area (Å²) >= 11 is 0. The molecule has 1 atom stereocenters. The van der Waals surface area contributed by atoms with Gasteiger partial charge < -0.3 is 15.0 Å². The minimum Gasteiger partial charge on any atom is -0.464 e. The second-order valence-electron chi connectivity index (χ2n) is 4.03. The first kappa shape index (κ1) is 13.4. The maximum Gasteiger partial charge on any atom is 0.328 e. The highest BCUT2D eigenvalue weighted by molar-refractivity contribution is 5.81. The highest BCUT2D eigenvalue weighted by atomic mass is 16.5. The van der Waals surface area contributed by atoms with E-state index in [0.29, 0.717) is 6.61 Å². The van der Waals surface area contributed by atoms with E-state index < -0.39 is 0 Å². The molecular weight excluding hydrogens is 216 g/mol. The molecule has 1 rings (SSSR count). The SMILES string of the molecule is CCOC(=O)C(C)Nc1ccccc1N(C)C. The second-order valence-corrected chi connectivity index (χ2v) is 4.03. The van der Waals surface area contributed by atoms with Crippen LogP contribution >= 0.6 is 0 Å². The molecule has 94 valence electrons. The summed E-state index contributed by atoms with van der Waals surface area (Å²) in [6.07, 6.45) is 0. The number of para-hydroxylation sites is 2. The molecule has 0 bridgehead atoms. The van der Waals surface area contributed by atoms with Crippen LogP contribution < -0.4 is 10.2 Å². The van der Waals surface area contributed by atoms with Gasteiger partial charge in [0.15, 0.2) is 0 Å². The Morgan fingerprint density at radius 1 is 1.41 bits per heavy atom. The Labute approximate surface area is 103 Å². The van der Waals surface area contributed by atoms with Gasteiger partial charge in [0.25, 0.3) is 0 Å². The molecule has 0 radical (unpaired) electrons. The molecule has 0 fully saturated rings. The molecule has 1 aromatic rings. The first-order valence-corrected chi connectivity index (χ1v) is 5.75. The van der Waals surface area contributed by atoms with Crippen LogP contribution in [-0.2, 0) is 9.53 Å². The molecule has 17 heavy (non-hydrogen) atoms. The fraction of sp³-hybridized carbons (Fsp3) is 0.462. The molecule has 0 spiro atoms. The van der Waals surface area contributed by atoms with Crippen molar-refractivity contribution in [3.63, 3.8) is 0 Å². The lowest BCUT2D eigenvalue weighted by Gasteiger charge is -2.20. The summed E-state index contributed by atoms with van der Waals surface area (Å²) < 4.78 is 4.96. The Hall–Kier alpha value is -1.71. The molecule has 0 aliphatic carbocycles. The van der Waals surface area contributed by atoms with Gasteiger partial charge in [0.1, 0.15) is 6.04 Å². The van der Waals surface area contributed by atoms with Crippen molar-refractivity contribution in [2.75, 3.05) is 30.9 Å². The fourth-order valence-electron chi connectivity index (χ4n) is 1.55. The molecule has 0 amide bonds. The van der Waals surface area contributed by atoms with Crippen LogP contribution in [0.15, 0.2) is 24.3 Å². The number of hydrogen-bond donors (Lipinski definition) is 1. The number of benzene rings is 1. The van der Waals surface area contributed by atoms with Crippen molar-refractivity contribution in [1.82, 2.24) is 0 Å². The molecule has 0 aliphatic rings. The number of ether oxygens (including phenoxy) is 1. The van der Waals surface area contributed by atoms with Crippen molar-refractivity contribution in [3.8, 4) is 0 Å². The molecule has 4 heteroatoms. The van der Waals surface area contributed by atoms with Crippen molar-refractivity contribution in [2.45, 2.75) is 19.9 Å². The van der Waals surface area contributed by atoms with Crippen LogP contribution in [0.3, 0.4) is 0 Å². The van der Waals surface area contributed by atoms with Crippen molar-refractivity contribution >= 4 is 17.3 Å². The molecular formula is C13H20N2O2. The van der Waals surface area contributed by atoms with Crippen molar-refractivity contribution < 1.29 is 9.53 Å². The number of hydrogen-bond acceptors (Lipinski definition) is 4. The molecule has 0 aromatic heterocycles. The molecule has 1 unspecified atom stereocenters. The summed E-state index contributed by atoms with van der Waals surface area (Å²) in [6.45, 7) is 4.00. The zero-order valence-corrected chi connectivity index (χ0v) is 10.9. The van der Waals surface area contributed by atoms with E-state index in [1.807, 2.05) is 43.3 Å². The van der Waals surface area contributed by atoms with Crippen LogP contribution in [0.25, 0.3) is 0 Å². The maximum atomic E-state index is 11.5. The lowest BCUT2D eigenvalue weighted by atomic mass is 10.2. The van der Waals surface area contributed by atoms with Gasteiger partial charge in [0.2, 0.25) is 0 Å². The molecule has 1 aromatic carbocycles. The minimum absolute atomic E-state index is 0.235. The number of anilines is 2. The third-order valence-electron chi connectivity index (χ3n) is 2.40. The Morgan fingerprint density at radius 2 is 2.06 bits per heavy atom. The largest absolute Gasteiger partial charge is 0.464 e. The third kappa shape index (κ3) is 3.66. The molecule has 1 N–H and O–H groups in total. The van der Waals surface area contributed by atoms with E-state index in [2.05, 4.69) is 5.32 Å². The zero-order chi connectivity index (χ0) is 12.8. The summed E-state index contributed by atoms with van der Waals surface area (Å²) in [4.78, 5) is 13.5. The number of esters is 1. The predicted molar refractivity (Wildman–Crippen MR) is 70.5 cm³/mol. The van der Waals surface area contributed by atoms with Crippen LogP contribution in [0.5, 0.6) is 0 Å². The van der Waals surface area contributed by atoms with Crippen molar-refractivity contribution in [1.29, 1.82) is 0 Å². The van der Waals surface area contributed by atoms with Crippen LogP contribution in [0.1, 0.15) is 13.8 Å². The normalized spacial score (nSPS) is 11.8. The Kier molecular flexibility index (Phi) is 4.82. The highest BCUT2D eigenvalue weighted by Gasteiger charge is 2.15.